The van der Waals surface area contributed by atoms with E-state index >= 15 is 0 Å². The van der Waals surface area contributed by atoms with E-state index in [2.05, 4.69) is 26.2 Å². The average molecular weight is 363 g/mol. The molecule has 1 heterocycles. The second kappa shape index (κ2) is 5.73. The van der Waals surface area contributed by atoms with E-state index in [1.165, 1.54) is 12.1 Å². The van der Waals surface area contributed by atoms with Crippen molar-refractivity contribution in [1.82, 2.24) is 4.98 Å². The first-order chi connectivity index (χ1) is 8.97. The molecule has 0 aliphatic heterocycles. The molecule has 0 amide bonds. The summed E-state index contributed by atoms with van der Waals surface area (Å²) >= 11 is 15.0. The molecule has 2 rings (SSSR count). The summed E-state index contributed by atoms with van der Waals surface area (Å²) in [5.74, 6) is 0.266. The molecule has 1 aromatic heterocycles. The van der Waals surface area contributed by atoms with E-state index in [-0.39, 0.29) is 16.7 Å². The van der Waals surface area contributed by atoms with Gasteiger partial charge in [0.2, 0.25) is 0 Å². The summed E-state index contributed by atoms with van der Waals surface area (Å²) in [5, 5.41) is 14.2. The van der Waals surface area contributed by atoms with Crippen molar-refractivity contribution in [1.29, 1.82) is 0 Å². The van der Waals surface area contributed by atoms with E-state index in [1.807, 2.05) is 0 Å². The smallest absolute Gasteiger partial charge is 0.276 e. The first-order valence-corrected chi connectivity index (χ1v) is 6.55. The number of rotatable bonds is 3. The fraction of sp³-hybridized carbons (Fsp3) is 0. The lowest BCUT2D eigenvalue weighted by Crippen LogP contribution is -1.97. The van der Waals surface area contributed by atoms with Crippen molar-refractivity contribution in [2.45, 2.75) is 0 Å². The van der Waals surface area contributed by atoms with Gasteiger partial charge in [0, 0.05) is 0 Å². The minimum Gasteiger partial charge on any atom is -0.339 e. The van der Waals surface area contributed by atoms with Gasteiger partial charge in [-0.1, -0.05) is 29.3 Å². The van der Waals surface area contributed by atoms with Crippen LogP contribution < -0.4 is 5.32 Å². The van der Waals surface area contributed by atoms with Crippen molar-refractivity contribution in [3.05, 3.63) is 55.1 Å². The highest BCUT2D eigenvalue weighted by atomic mass is 79.9. The van der Waals surface area contributed by atoms with Crippen molar-refractivity contribution in [2.75, 3.05) is 5.32 Å². The summed E-state index contributed by atoms with van der Waals surface area (Å²) in [6.45, 7) is 0. The van der Waals surface area contributed by atoms with Gasteiger partial charge < -0.3 is 5.32 Å². The Morgan fingerprint density at radius 3 is 2.74 bits per heavy atom. The normalized spacial score (nSPS) is 10.3. The van der Waals surface area contributed by atoms with Gasteiger partial charge in [0.1, 0.15) is 11.0 Å². The lowest BCUT2D eigenvalue weighted by molar-refractivity contribution is -0.384. The van der Waals surface area contributed by atoms with Gasteiger partial charge in [-0.25, -0.2) is 4.98 Å². The van der Waals surface area contributed by atoms with Gasteiger partial charge in [-0.3, -0.25) is 10.1 Å². The van der Waals surface area contributed by atoms with Crippen molar-refractivity contribution >= 4 is 56.3 Å². The first-order valence-electron chi connectivity index (χ1n) is 5.00. The molecule has 0 aliphatic rings. The molecule has 2 aromatic rings. The Hall–Kier alpha value is -1.37. The number of nitrogens with one attached hydrogen (secondary N) is 1. The van der Waals surface area contributed by atoms with Crippen LogP contribution in [0.15, 0.2) is 34.8 Å². The second-order valence-electron chi connectivity index (χ2n) is 3.52. The summed E-state index contributed by atoms with van der Waals surface area (Å²) in [4.78, 5) is 14.2. The van der Waals surface area contributed by atoms with Gasteiger partial charge in [0.15, 0.2) is 0 Å². The minimum absolute atomic E-state index is 0.0369. The highest BCUT2D eigenvalue weighted by molar-refractivity contribution is 9.10. The number of nitrogens with zero attached hydrogens (tertiary/aromatic N) is 2. The molecular formula is C11H6BrCl2N3O2. The molecule has 0 radical (unpaired) electrons. The number of anilines is 2. The number of hydrogen-bond acceptors (Lipinski definition) is 4. The minimum atomic E-state index is -0.536. The standard InChI is InChI=1S/C11H6BrCl2N3O2/c12-11-7(13)2-1-3-8(11)15-10-5-6(17(18)19)4-9(14)16-10/h1-5H,(H,15,16). The number of benzene rings is 1. The number of aromatic nitrogens is 1. The highest BCUT2D eigenvalue weighted by Gasteiger charge is 2.11. The van der Waals surface area contributed by atoms with Crippen LogP contribution in [-0.2, 0) is 0 Å². The van der Waals surface area contributed by atoms with E-state index in [1.54, 1.807) is 18.2 Å². The van der Waals surface area contributed by atoms with Crippen LogP contribution in [0.2, 0.25) is 10.2 Å². The number of pyridine rings is 1. The third kappa shape index (κ3) is 3.34. The third-order valence-electron chi connectivity index (χ3n) is 2.20. The lowest BCUT2D eigenvalue weighted by atomic mass is 10.3. The van der Waals surface area contributed by atoms with E-state index in [4.69, 9.17) is 23.2 Å². The SMILES string of the molecule is O=[N+]([O-])c1cc(Cl)nc(Nc2cccc(Cl)c2Br)c1. The first kappa shape index (κ1) is 14.0. The van der Waals surface area contributed by atoms with Crippen LogP contribution in [0, 0.1) is 10.1 Å². The Balaban J connectivity index is 2.38. The molecule has 0 spiro atoms. The molecule has 19 heavy (non-hydrogen) atoms. The number of halogens is 3. The topological polar surface area (TPSA) is 68.1 Å². The maximum absolute atomic E-state index is 10.7. The Bertz CT molecular complexity index is 652. The van der Waals surface area contributed by atoms with Crippen molar-refractivity contribution in [2.24, 2.45) is 0 Å². The van der Waals surface area contributed by atoms with Gasteiger partial charge >= 0.3 is 0 Å². The maximum atomic E-state index is 10.7. The molecule has 8 heteroatoms. The second-order valence-corrected chi connectivity index (χ2v) is 5.10. The molecule has 0 aliphatic carbocycles. The molecule has 0 saturated carbocycles. The van der Waals surface area contributed by atoms with Crippen LogP contribution in [0.1, 0.15) is 0 Å². The summed E-state index contributed by atoms with van der Waals surface area (Å²) in [6.07, 6.45) is 0. The Morgan fingerprint density at radius 1 is 1.32 bits per heavy atom. The fourth-order valence-corrected chi connectivity index (χ4v) is 2.13. The molecule has 0 saturated heterocycles. The summed E-state index contributed by atoms with van der Waals surface area (Å²) < 4.78 is 0.640. The average Bonchev–Trinajstić information content (AvgIpc) is 2.34. The van der Waals surface area contributed by atoms with Gasteiger partial charge in [0.05, 0.1) is 32.2 Å². The Morgan fingerprint density at radius 2 is 2.05 bits per heavy atom. The highest BCUT2D eigenvalue weighted by Crippen LogP contribution is 2.32. The van der Waals surface area contributed by atoms with E-state index in [0.717, 1.165) is 0 Å². The molecule has 1 aromatic carbocycles. The van der Waals surface area contributed by atoms with Crippen LogP contribution in [0.3, 0.4) is 0 Å². The fourth-order valence-electron chi connectivity index (χ4n) is 1.39. The molecule has 98 valence electrons. The van der Waals surface area contributed by atoms with E-state index in [9.17, 15) is 10.1 Å². The molecule has 1 N–H and O–H groups in total. The van der Waals surface area contributed by atoms with Crippen LogP contribution in [-0.4, -0.2) is 9.91 Å². The van der Waals surface area contributed by atoms with Gasteiger partial charge in [-0.15, -0.1) is 0 Å². The van der Waals surface area contributed by atoms with E-state index < -0.39 is 4.92 Å². The Kier molecular flexibility index (Phi) is 4.24. The van der Waals surface area contributed by atoms with Crippen molar-refractivity contribution < 1.29 is 4.92 Å². The van der Waals surface area contributed by atoms with Gasteiger partial charge in [0.25, 0.3) is 5.69 Å². The van der Waals surface area contributed by atoms with Gasteiger partial charge in [-0.2, -0.15) is 0 Å². The zero-order valence-electron chi connectivity index (χ0n) is 9.23. The predicted molar refractivity (Wildman–Crippen MR) is 78.3 cm³/mol. The molecule has 0 fully saturated rings. The quantitative estimate of drug-likeness (QED) is 0.483. The zero-order valence-corrected chi connectivity index (χ0v) is 12.3. The van der Waals surface area contributed by atoms with E-state index in [0.29, 0.717) is 15.2 Å². The zero-order chi connectivity index (χ0) is 14.0. The summed E-state index contributed by atoms with van der Waals surface area (Å²) in [5.41, 5.74) is 0.497. The third-order valence-corrected chi connectivity index (χ3v) is 3.80. The molecule has 0 bridgehead atoms. The molecular weight excluding hydrogens is 357 g/mol. The van der Waals surface area contributed by atoms with Crippen molar-refractivity contribution in [3.8, 4) is 0 Å². The molecule has 0 atom stereocenters. The number of nitro groups is 1. The number of hydrogen-bond donors (Lipinski definition) is 1. The largest absolute Gasteiger partial charge is 0.339 e. The Labute approximate surface area is 126 Å². The van der Waals surface area contributed by atoms with Crippen LogP contribution in [0.4, 0.5) is 17.2 Å². The predicted octanol–water partition coefficient (Wildman–Crippen LogP) is 4.80. The lowest BCUT2D eigenvalue weighted by Gasteiger charge is -2.08. The van der Waals surface area contributed by atoms with Crippen LogP contribution in [0.5, 0.6) is 0 Å². The van der Waals surface area contributed by atoms with Gasteiger partial charge in [-0.05, 0) is 28.1 Å². The monoisotopic (exact) mass is 361 g/mol. The van der Waals surface area contributed by atoms with Crippen molar-refractivity contribution in [3.63, 3.8) is 0 Å². The molecule has 5 nitrogen and oxygen atoms in total. The summed E-state index contributed by atoms with van der Waals surface area (Å²) in [6, 6.07) is 7.68. The summed E-state index contributed by atoms with van der Waals surface area (Å²) in [7, 11) is 0. The van der Waals surface area contributed by atoms with Crippen LogP contribution >= 0.6 is 39.1 Å². The van der Waals surface area contributed by atoms with Crippen LogP contribution in [0.25, 0.3) is 0 Å². The molecule has 0 unspecified atom stereocenters. The maximum Gasteiger partial charge on any atom is 0.276 e.